The van der Waals surface area contributed by atoms with Gasteiger partial charge in [-0.05, 0) is 50.3 Å². The largest absolute Gasteiger partial charge is 0.497 e. The van der Waals surface area contributed by atoms with Gasteiger partial charge in [0.1, 0.15) is 10.6 Å². The van der Waals surface area contributed by atoms with Gasteiger partial charge in [0.25, 0.3) is 5.56 Å². The zero-order valence-electron chi connectivity index (χ0n) is 19.5. The summed E-state index contributed by atoms with van der Waals surface area (Å²) in [6.07, 6.45) is 5.40. The van der Waals surface area contributed by atoms with Crippen molar-refractivity contribution in [1.29, 1.82) is 0 Å². The maximum Gasteiger partial charge on any atom is 0.267 e. The molecule has 5 rings (SSSR count). The number of amides is 1. The highest BCUT2D eigenvalue weighted by molar-refractivity contribution is 7.99. The highest BCUT2D eigenvalue weighted by Crippen LogP contribution is 2.35. The Hall–Kier alpha value is -2.36. The third-order valence-electron chi connectivity index (χ3n) is 6.44. The summed E-state index contributed by atoms with van der Waals surface area (Å²) in [5.41, 5.74) is 1.80. The Morgan fingerprint density at radius 2 is 2.15 bits per heavy atom. The third-order valence-corrected chi connectivity index (χ3v) is 8.55. The Morgan fingerprint density at radius 1 is 1.29 bits per heavy atom. The van der Waals surface area contributed by atoms with Crippen molar-refractivity contribution in [3.8, 4) is 11.4 Å². The molecule has 1 aromatic carbocycles. The van der Waals surface area contributed by atoms with Gasteiger partial charge in [0, 0.05) is 24.0 Å². The molecule has 7 nitrogen and oxygen atoms in total. The second-order valence-electron chi connectivity index (χ2n) is 8.79. The molecule has 0 bridgehead atoms. The lowest BCUT2D eigenvalue weighted by Crippen LogP contribution is -2.45. The number of carbonyl (C=O) groups excluding carboxylic acids is 1. The van der Waals surface area contributed by atoms with Gasteiger partial charge in [-0.3, -0.25) is 14.2 Å². The minimum Gasteiger partial charge on any atom is -0.497 e. The number of ether oxygens (including phenoxy) is 2. The second kappa shape index (κ2) is 10.1. The first-order valence-electron chi connectivity index (χ1n) is 11.8. The molecule has 0 N–H and O–H groups in total. The predicted molar refractivity (Wildman–Crippen MR) is 136 cm³/mol. The maximum absolute atomic E-state index is 13.9. The molecule has 180 valence electrons. The van der Waals surface area contributed by atoms with Crippen LogP contribution in [0.25, 0.3) is 15.9 Å². The van der Waals surface area contributed by atoms with E-state index in [4.69, 9.17) is 14.5 Å². The zero-order valence-corrected chi connectivity index (χ0v) is 21.2. The van der Waals surface area contributed by atoms with Crippen molar-refractivity contribution in [3.63, 3.8) is 0 Å². The predicted octanol–water partition coefficient (Wildman–Crippen LogP) is 4.06. The number of thiophene rings is 1. The molecule has 2 aliphatic rings. The average Bonchev–Trinajstić information content (AvgIpc) is 3.03. The Labute approximate surface area is 207 Å². The van der Waals surface area contributed by atoms with Gasteiger partial charge >= 0.3 is 0 Å². The van der Waals surface area contributed by atoms with Gasteiger partial charge in [0.15, 0.2) is 5.16 Å². The number of fused-ring (bicyclic) bond motifs is 3. The van der Waals surface area contributed by atoms with Crippen LogP contribution >= 0.6 is 23.1 Å². The number of hydrogen-bond acceptors (Lipinski definition) is 7. The first kappa shape index (κ1) is 23.4. The highest BCUT2D eigenvalue weighted by Gasteiger charge is 2.25. The van der Waals surface area contributed by atoms with E-state index in [1.807, 2.05) is 36.1 Å². The molecule has 1 unspecified atom stereocenters. The fourth-order valence-corrected chi connectivity index (χ4v) is 6.92. The first-order valence-corrected chi connectivity index (χ1v) is 13.6. The summed E-state index contributed by atoms with van der Waals surface area (Å²) in [6.45, 7) is 3.71. The first-order chi connectivity index (χ1) is 16.5. The van der Waals surface area contributed by atoms with Crippen molar-refractivity contribution < 1.29 is 14.3 Å². The quantitative estimate of drug-likeness (QED) is 0.299. The van der Waals surface area contributed by atoms with Gasteiger partial charge in [-0.15, -0.1) is 11.3 Å². The van der Waals surface area contributed by atoms with Crippen molar-refractivity contribution >= 4 is 39.2 Å². The van der Waals surface area contributed by atoms with Gasteiger partial charge in [-0.25, -0.2) is 4.98 Å². The molecule has 9 heteroatoms. The SMILES string of the molecule is COc1cccc(-n2c(SCC(=O)N3CCOC(C)C3)nc3sc4c(c3c2=O)CCCCC4)c1. The molecule has 3 heterocycles. The van der Waals surface area contributed by atoms with E-state index in [2.05, 4.69) is 0 Å². The van der Waals surface area contributed by atoms with E-state index in [9.17, 15) is 9.59 Å². The summed E-state index contributed by atoms with van der Waals surface area (Å²) >= 11 is 2.96. The molecule has 1 aliphatic carbocycles. The van der Waals surface area contributed by atoms with Crippen LogP contribution in [0.5, 0.6) is 5.75 Å². The summed E-state index contributed by atoms with van der Waals surface area (Å²) in [5.74, 6) is 0.927. The van der Waals surface area contributed by atoms with Crippen LogP contribution in [0.2, 0.25) is 0 Å². The standard InChI is InChI=1S/C25H29N3O4S2/c1-16-14-27(11-12-32-16)21(29)15-33-25-26-23-22(19-9-4-3-5-10-20(19)34-23)24(30)28(25)17-7-6-8-18(13-17)31-2/h6-8,13,16H,3-5,9-12,14-15H2,1-2H3. The van der Waals surface area contributed by atoms with Crippen LogP contribution in [0, 0.1) is 0 Å². The number of benzene rings is 1. The molecule has 1 aliphatic heterocycles. The van der Waals surface area contributed by atoms with E-state index in [0.29, 0.717) is 36.3 Å². The Bertz CT molecular complexity index is 1270. The van der Waals surface area contributed by atoms with Gasteiger partial charge in [-0.2, -0.15) is 0 Å². The minimum atomic E-state index is -0.0624. The van der Waals surface area contributed by atoms with Gasteiger partial charge in [-0.1, -0.05) is 24.2 Å². The zero-order chi connectivity index (χ0) is 23.7. The van der Waals surface area contributed by atoms with Gasteiger partial charge in [0.2, 0.25) is 5.91 Å². The molecule has 3 aromatic rings. The molecule has 0 saturated carbocycles. The fraction of sp³-hybridized carbons (Fsp3) is 0.480. The van der Waals surface area contributed by atoms with Crippen LogP contribution in [0.1, 0.15) is 36.6 Å². The summed E-state index contributed by atoms with van der Waals surface area (Å²) in [6, 6.07) is 7.45. The van der Waals surface area contributed by atoms with Crippen LogP contribution in [0.4, 0.5) is 0 Å². The maximum atomic E-state index is 13.9. The molecular weight excluding hydrogens is 470 g/mol. The summed E-state index contributed by atoms with van der Waals surface area (Å²) in [7, 11) is 1.61. The number of methoxy groups -OCH3 is 1. The van der Waals surface area contributed by atoms with Crippen molar-refractivity contribution in [1.82, 2.24) is 14.5 Å². The number of thioether (sulfide) groups is 1. The van der Waals surface area contributed by atoms with Gasteiger partial charge < -0.3 is 14.4 Å². The number of hydrogen-bond donors (Lipinski definition) is 0. The van der Waals surface area contributed by atoms with Crippen molar-refractivity contribution in [3.05, 3.63) is 45.1 Å². The number of nitrogens with zero attached hydrogens (tertiary/aromatic N) is 3. The van der Waals surface area contributed by atoms with E-state index < -0.39 is 0 Å². The molecule has 1 atom stereocenters. The number of carbonyl (C=O) groups is 1. The highest BCUT2D eigenvalue weighted by atomic mass is 32.2. The summed E-state index contributed by atoms with van der Waals surface area (Å²) in [4.78, 5) is 35.7. The topological polar surface area (TPSA) is 73.7 Å². The van der Waals surface area contributed by atoms with Crippen LogP contribution < -0.4 is 10.3 Å². The molecule has 0 spiro atoms. The lowest BCUT2D eigenvalue weighted by Gasteiger charge is -2.31. The van der Waals surface area contributed by atoms with E-state index in [1.165, 1.54) is 28.6 Å². The molecule has 1 amide bonds. The van der Waals surface area contributed by atoms with E-state index in [1.54, 1.807) is 23.0 Å². The lowest BCUT2D eigenvalue weighted by atomic mass is 10.1. The van der Waals surface area contributed by atoms with E-state index >= 15 is 0 Å². The van der Waals surface area contributed by atoms with Crippen LogP contribution in [-0.4, -0.2) is 59.0 Å². The molecule has 1 saturated heterocycles. The van der Waals surface area contributed by atoms with E-state index in [-0.39, 0.29) is 23.3 Å². The average molecular weight is 500 g/mol. The van der Waals surface area contributed by atoms with Gasteiger partial charge in [0.05, 0.1) is 36.6 Å². The second-order valence-corrected chi connectivity index (χ2v) is 10.8. The number of morpholine rings is 1. The van der Waals surface area contributed by atoms with Crippen molar-refractivity contribution in [2.45, 2.75) is 50.3 Å². The fourth-order valence-electron chi connectivity index (χ4n) is 4.70. The lowest BCUT2D eigenvalue weighted by molar-refractivity contribution is -0.135. The molecular formula is C25H29N3O4S2. The van der Waals surface area contributed by atoms with Crippen LogP contribution in [0.3, 0.4) is 0 Å². The third kappa shape index (κ3) is 4.61. The number of rotatable bonds is 5. The van der Waals surface area contributed by atoms with Crippen molar-refractivity contribution in [2.24, 2.45) is 0 Å². The smallest absolute Gasteiger partial charge is 0.267 e. The van der Waals surface area contributed by atoms with Crippen LogP contribution in [-0.2, 0) is 22.4 Å². The summed E-state index contributed by atoms with van der Waals surface area (Å²) in [5, 5.41) is 1.28. The molecule has 2 aromatic heterocycles. The van der Waals surface area contributed by atoms with Crippen LogP contribution in [0.15, 0.2) is 34.2 Å². The number of aromatic nitrogens is 2. The molecule has 0 radical (unpaired) electrons. The minimum absolute atomic E-state index is 0.0358. The summed E-state index contributed by atoms with van der Waals surface area (Å²) < 4.78 is 12.6. The Kier molecular flexibility index (Phi) is 6.94. The molecule has 34 heavy (non-hydrogen) atoms. The Morgan fingerprint density at radius 3 is 2.97 bits per heavy atom. The van der Waals surface area contributed by atoms with Crippen molar-refractivity contribution in [2.75, 3.05) is 32.6 Å². The number of aryl methyl sites for hydroxylation is 2. The van der Waals surface area contributed by atoms with E-state index in [0.717, 1.165) is 35.9 Å². The monoisotopic (exact) mass is 499 g/mol. The normalized spacial score (nSPS) is 18.5. The molecule has 1 fully saturated rings. The Balaban J connectivity index is 1.56.